The van der Waals surface area contributed by atoms with Crippen LogP contribution in [-0.4, -0.2) is 45.0 Å². The Morgan fingerprint density at radius 2 is 1.95 bits per heavy atom. The molecule has 21 heavy (non-hydrogen) atoms. The van der Waals surface area contributed by atoms with Gasteiger partial charge < -0.3 is 9.84 Å². The molecule has 1 aromatic carbocycles. The number of carboxylic acid groups (broad SMARTS) is 1. The molecule has 0 bridgehead atoms. The minimum Gasteiger partial charge on any atom is -0.481 e. The first-order valence-corrected chi connectivity index (χ1v) is 8.26. The number of sulfonamides is 1. The summed E-state index contributed by atoms with van der Waals surface area (Å²) in [6, 6.07) is 9.35. The van der Waals surface area contributed by atoms with Crippen LogP contribution < -0.4 is 4.72 Å². The lowest BCUT2D eigenvalue weighted by Gasteiger charge is -2.16. The van der Waals surface area contributed by atoms with E-state index in [4.69, 9.17) is 9.84 Å². The Bertz CT molecular complexity index is 544. The van der Waals surface area contributed by atoms with E-state index in [1.807, 2.05) is 37.3 Å². The molecule has 1 rings (SSSR count). The van der Waals surface area contributed by atoms with Gasteiger partial charge in [0.1, 0.15) is 0 Å². The molecule has 2 atom stereocenters. The molecular weight excluding hydrogens is 294 g/mol. The first-order chi connectivity index (χ1) is 9.84. The van der Waals surface area contributed by atoms with Gasteiger partial charge in [0.15, 0.2) is 0 Å². The number of carbonyl (C=O) groups is 1. The number of rotatable bonds is 9. The minimum atomic E-state index is -3.49. The van der Waals surface area contributed by atoms with Gasteiger partial charge in [-0.05, 0) is 11.5 Å². The predicted octanol–water partition coefficient (Wildman–Crippen LogP) is 1.20. The first kappa shape index (κ1) is 17.6. The van der Waals surface area contributed by atoms with Crippen LogP contribution in [0.4, 0.5) is 0 Å². The Balaban J connectivity index is 2.55. The van der Waals surface area contributed by atoms with E-state index in [0.717, 1.165) is 5.56 Å². The highest BCUT2D eigenvalue weighted by Crippen LogP contribution is 2.16. The van der Waals surface area contributed by atoms with Crippen molar-refractivity contribution in [2.45, 2.75) is 25.4 Å². The molecule has 0 saturated heterocycles. The van der Waals surface area contributed by atoms with Crippen LogP contribution in [0.5, 0.6) is 0 Å². The van der Waals surface area contributed by atoms with Crippen LogP contribution in [0.1, 0.15) is 24.8 Å². The molecule has 0 spiro atoms. The molecule has 0 aromatic heterocycles. The van der Waals surface area contributed by atoms with Crippen LogP contribution in [-0.2, 0) is 19.6 Å². The Morgan fingerprint density at radius 1 is 1.33 bits per heavy atom. The summed E-state index contributed by atoms with van der Waals surface area (Å²) < 4.78 is 31.4. The molecule has 7 heteroatoms. The van der Waals surface area contributed by atoms with Gasteiger partial charge in [0, 0.05) is 13.7 Å². The van der Waals surface area contributed by atoms with E-state index in [1.54, 1.807) is 0 Å². The molecule has 0 amide bonds. The van der Waals surface area contributed by atoms with E-state index < -0.39 is 22.1 Å². The van der Waals surface area contributed by atoms with Crippen molar-refractivity contribution in [1.82, 2.24) is 4.72 Å². The number of carboxylic acids is 1. The topological polar surface area (TPSA) is 92.7 Å². The number of methoxy groups -OCH3 is 1. The Kier molecular flexibility index (Phi) is 6.80. The van der Waals surface area contributed by atoms with E-state index >= 15 is 0 Å². The molecule has 0 heterocycles. The van der Waals surface area contributed by atoms with Gasteiger partial charge in [-0.25, -0.2) is 13.1 Å². The van der Waals surface area contributed by atoms with E-state index in [1.165, 1.54) is 7.11 Å². The highest BCUT2D eigenvalue weighted by atomic mass is 32.2. The molecule has 0 fully saturated rings. The van der Waals surface area contributed by atoms with E-state index in [0.29, 0.717) is 0 Å². The van der Waals surface area contributed by atoms with E-state index in [2.05, 4.69) is 4.72 Å². The normalized spacial score (nSPS) is 14.6. The fourth-order valence-corrected chi connectivity index (χ4v) is 3.33. The summed E-state index contributed by atoms with van der Waals surface area (Å²) in [4.78, 5) is 10.6. The summed E-state index contributed by atoms with van der Waals surface area (Å²) in [7, 11) is -2.14. The molecule has 1 aromatic rings. The fraction of sp³-hybridized carbons (Fsp3) is 0.500. The molecule has 0 aliphatic carbocycles. The fourth-order valence-electron chi connectivity index (χ4n) is 1.92. The second kappa shape index (κ2) is 8.11. The van der Waals surface area contributed by atoms with E-state index in [9.17, 15) is 13.2 Å². The van der Waals surface area contributed by atoms with Gasteiger partial charge in [0.05, 0.1) is 18.3 Å². The minimum absolute atomic E-state index is 0.0490. The van der Waals surface area contributed by atoms with Gasteiger partial charge in [0.25, 0.3) is 0 Å². The smallest absolute Gasteiger partial charge is 0.306 e. The average Bonchev–Trinajstić information content (AvgIpc) is 2.43. The zero-order chi connectivity index (χ0) is 15.9. The third kappa shape index (κ3) is 6.70. The van der Waals surface area contributed by atoms with Gasteiger partial charge in [-0.15, -0.1) is 0 Å². The van der Waals surface area contributed by atoms with Crippen LogP contribution in [0.25, 0.3) is 0 Å². The maximum atomic E-state index is 12.0. The summed E-state index contributed by atoms with van der Waals surface area (Å²) in [6.45, 7) is 1.78. The maximum Gasteiger partial charge on any atom is 0.306 e. The van der Waals surface area contributed by atoms with Gasteiger partial charge >= 0.3 is 5.97 Å². The second-order valence-electron chi connectivity index (χ2n) is 4.90. The highest BCUT2D eigenvalue weighted by Gasteiger charge is 2.20. The summed E-state index contributed by atoms with van der Waals surface area (Å²) in [6.07, 6.45) is -0.919. The molecule has 6 nitrogen and oxygen atoms in total. The molecule has 0 aliphatic rings. The molecule has 0 radical (unpaired) electrons. The number of benzene rings is 1. The van der Waals surface area contributed by atoms with Gasteiger partial charge in [-0.2, -0.15) is 0 Å². The maximum absolute atomic E-state index is 12.0. The molecule has 2 unspecified atom stereocenters. The van der Waals surface area contributed by atoms with Crippen LogP contribution in [0.3, 0.4) is 0 Å². The second-order valence-corrected chi connectivity index (χ2v) is 6.75. The van der Waals surface area contributed by atoms with Gasteiger partial charge in [-0.1, -0.05) is 37.3 Å². The van der Waals surface area contributed by atoms with Crippen LogP contribution >= 0.6 is 0 Å². The molecular formula is C14H21NO5S. The molecule has 2 N–H and O–H groups in total. The highest BCUT2D eigenvalue weighted by molar-refractivity contribution is 7.89. The number of ether oxygens (including phenoxy) is 1. The number of hydrogen-bond donors (Lipinski definition) is 2. The SMILES string of the molecule is COC(CNS(=O)(=O)CC(C)c1ccccc1)CC(=O)O. The zero-order valence-corrected chi connectivity index (χ0v) is 13.0. The van der Waals surface area contributed by atoms with Crippen molar-refractivity contribution in [1.29, 1.82) is 0 Å². The average molecular weight is 315 g/mol. The molecule has 0 aliphatic heterocycles. The quantitative estimate of drug-likeness (QED) is 0.714. The monoisotopic (exact) mass is 315 g/mol. The molecule has 118 valence electrons. The Hall–Kier alpha value is -1.44. The lowest BCUT2D eigenvalue weighted by molar-refractivity contribution is -0.139. The van der Waals surface area contributed by atoms with Crippen molar-refractivity contribution in [3.05, 3.63) is 35.9 Å². The third-order valence-corrected chi connectivity index (χ3v) is 4.65. The largest absolute Gasteiger partial charge is 0.481 e. The van der Waals surface area contributed by atoms with Crippen LogP contribution in [0.2, 0.25) is 0 Å². The lowest BCUT2D eigenvalue weighted by Crippen LogP contribution is -2.36. The van der Waals surface area contributed by atoms with Crippen molar-refractivity contribution in [2.75, 3.05) is 19.4 Å². The number of hydrogen-bond acceptors (Lipinski definition) is 4. The van der Waals surface area contributed by atoms with Crippen molar-refractivity contribution in [3.63, 3.8) is 0 Å². The standard InChI is InChI=1S/C14H21NO5S/c1-11(12-6-4-3-5-7-12)10-21(18,19)15-9-13(20-2)8-14(16)17/h3-7,11,13,15H,8-10H2,1-2H3,(H,16,17). The summed E-state index contributed by atoms with van der Waals surface area (Å²) >= 11 is 0. The molecule has 0 saturated carbocycles. The van der Waals surface area contributed by atoms with Crippen molar-refractivity contribution >= 4 is 16.0 Å². The number of aliphatic carboxylic acids is 1. The number of nitrogens with one attached hydrogen (secondary N) is 1. The van der Waals surface area contributed by atoms with Gasteiger partial charge in [-0.3, -0.25) is 4.79 Å². The van der Waals surface area contributed by atoms with Crippen molar-refractivity contribution in [3.8, 4) is 0 Å². The van der Waals surface area contributed by atoms with Crippen LogP contribution in [0, 0.1) is 0 Å². The van der Waals surface area contributed by atoms with Crippen molar-refractivity contribution in [2.24, 2.45) is 0 Å². The Morgan fingerprint density at radius 3 is 2.48 bits per heavy atom. The van der Waals surface area contributed by atoms with Crippen molar-refractivity contribution < 1.29 is 23.1 Å². The van der Waals surface area contributed by atoms with Crippen LogP contribution in [0.15, 0.2) is 30.3 Å². The van der Waals surface area contributed by atoms with Gasteiger partial charge in [0.2, 0.25) is 10.0 Å². The predicted molar refractivity (Wildman–Crippen MR) is 79.7 cm³/mol. The summed E-state index contributed by atoms with van der Waals surface area (Å²) in [5, 5.41) is 8.68. The zero-order valence-electron chi connectivity index (χ0n) is 12.2. The lowest BCUT2D eigenvalue weighted by atomic mass is 10.0. The third-order valence-electron chi connectivity index (χ3n) is 3.10. The summed E-state index contributed by atoms with van der Waals surface area (Å²) in [5.41, 5.74) is 0.941. The van der Waals surface area contributed by atoms with E-state index in [-0.39, 0.29) is 24.6 Å². The summed E-state index contributed by atoms with van der Waals surface area (Å²) in [5.74, 6) is -1.23. The first-order valence-electron chi connectivity index (χ1n) is 6.61. The Labute approximate surface area is 125 Å².